The van der Waals surface area contributed by atoms with Gasteiger partial charge in [0, 0.05) is 12.4 Å². The van der Waals surface area contributed by atoms with E-state index in [0.717, 1.165) is 22.0 Å². The number of methoxy groups -OCH3 is 2. The lowest BCUT2D eigenvalue weighted by atomic mass is 10.1. The molecule has 0 radical (unpaired) electrons. The zero-order valence-corrected chi connectivity index (χ0v) is 19.5. The van der Waals surface area contributed by atoms with Gasteiger partial charge in [0.15, 0.2) is 0 Å². The zero-order valence-electron chi connectivity index (χ0n) is 19.5. The van der Waals surface area contributed by atoms with Crippen LogP contribution in [-0.4, -0.2) is 27.9 Å². The summed E-state index contributed by atoms with van der Waals surface area (Å²) in [6.45, 7) is 2.34. The third-order valence-corrected chi connectivity index (χ3v) is 6.27. The first-order chi connectivity index (χ1) is 16.4. The summed E-state index contributed by atoms with van der Waals surface area (Å²) < 4.78 is 15.4. The molecule has 0 saturated carbocycles. The molecule has 0 saturated heterocycles. The van der Waals surface area contributed by atoms with E-state index in [9.17, 15) is 9.59 Å². The molecule has 0 bridgehead atoms. The van der Waals surface area contributed by atoms with Crippen LogP contribution in [0.2, 0.25) is 0 Å². The van der Waals surface area contributed by atoms with Crippen LogP contribution in [0.4, 0.5) is 0 Å². The summed E-state index contributed by atoms with van der Waals surface area (Å²) in [5, 5.41) is 0.792. The third-order valence-electron chi connectivity index (χ3n) is 6.27. The molecule has 0 unspecified atom stereocenters. The molecule has 5 rings (SSSR count). The molecule has 2 heterocycles. The summed E-state index contributed by atoms with van der Waals surface area (Å²) in [6.07, 6.45) is 0. The Morgan fingerprint density at radius 2 is 1.44 bits per heavy atom. The molecule has 7 heteroatoms. The van der Waals surface area contributed by atoms with Crippen LogP contribution in [-0.2, 0) is 13.6 Å². The lowest BCUT2D eigenvalue weighted by molar-refractivity contribution is 0.414. The summed E-state index contributed by atoms with van der Waals surface area (Å²) in [6, 6.07) is 20.6. The highest BCUT2D eigenvalue weighted by molar-refractivity contribution is 6.06. The molecule has 0 atom stereocenters. The van der Waals surface area contributed by atoms with Crippen molar-refractivity contribution in [3.63, 3.8) is 0 Å². The van der Waals surface area contributed by atoms with E-state index in [-0.39, 0.29) is 5.56 Å². The molecule has 0 amide bonds. The molecule has 0 spiro atoms. The fourth-order valence-corrected chi connectivity index (χ4v) is 4.44. The Hall–Kier alpha value is -4.26. The van der Waals surface area contributed by atoms with Gasteiger partial charge in [-0.15, -0.1) is 0 Å². The maximum atomic E-state index is 13.9. The van der Waals surface area contributed by atoms with Crippen molar-refractivity contribution in [2.24, 2.45) is 7.05 Å². The van der Waals surface area contributed by atoms with Gasteiger partial charge in [-0.2, -0.15) is 0 Å². The lowest BCUT2D eigenvalue weighted by Gasteiger charge is -2.14. The quantitative estimate of drug-likeness (QED) is 0.402. The number of aromatic nitrogens is 3. The van der Waals surface area contributed by atoms with Crippen molar-refractivity contribution in [1.29, 1.82) is 0 Å². The summed E-state index contributed by atoms with van der Waals surface area (Å²) >= 11 is 0. The van der Waals surface area contributed by atoms with Crippen molar-refractivity contribution in [2.45, 2.75) is 13.5 Å². The van der Waals surface area contributed by atoms with E-state index in [1.54, 1.807) is 43.1 Å². The van der Waals surface area contributed by atoms with Crippen molar-refractivity contribution in [3.8, 4) is 17.2 Å². The predicted molar refractivity (Wildman–Crippen MR) is 134 cm³/mol. The van der Waals surface area contributed by atoms with Crippen molar-refractivity contribution < 1.29 is 9.47 Å². The second kappa shape index (κ2) is 8.26. The standard InChI is InChI=1S/C27H25N3O4/c1-17-5-7-18(8-6-17)16-29-24-22-15-21(34-4)13-14-23(22)28(2)25(24)26(31)30(27(29)32)19-9-11-20(33-3)12-10-19/h5-15H,16H2,1-4H3. The Morgan fingerprint density at radius 1 is 0.794 bits per heavy atom. The number of benzene rings is 3. The monoisotopic (exact) mass is 455 g/mol. The number of hydrogen-bond donors (Lipinski definition) is 0. The number of aryl methyl sites for hydroxylation is 2. The Bertz CT molecular complexity index is 1640. The number of fused-ring (bicyclic) bond motifs is 3. The molecular formula is C27H25N3O4. The average Bonchev–Trinajstić information content (AvgIpc) is 3.15. The second-order valence-electron chi connectivity index (χ2n) is 8.33. The van der Waals surface area contributed by atoms with Crippen LogP contribution in [0.15, 0.2) is 76.3 Å². The topological polar surface area (TPSA) is 67.4 Å². The van der Waals surface area contributed by atoms with E-state index in [0.29, 0.717) is 34.8 Å². The van der Waals surface area contributed by atoms with Crippen LogP contribution >= 0.6 is 0 Å². The first-order valence-electron chi connectivity index (χ1n) is 10.9. The summed E-state index contributed by atoms with van der Waals surface area (Å²) in [7, 11) is 5.02. The van der Waals surface area contributed by atoms with Crippen molar-refractivity contribution in [1.82, 2.24) is 13.7 Å². The number of rotatable bonds is 5. The lowest BCUT2D eigenvalue weighted by Crippen LogP contribution is -2.39. The van der Waals surface area contributed by atoms with Gasteiger partial charge in [-0.1, -0.05) is 29.8 Å². The largest absolute Gasteiger partial charge is 0.497 e. The Morgan fingerprint density at radius 3 is 2.09 bits per heavy atom. The van der Waals surface area contributed by atoms with Crippen LogP contribution in [0.25, 0.3) is 27.6 Å². The van der Waals surface area contributed by atoms with Gasteiger partial charge in [0.2, 0.25) is 0 Å². The van der Waals surface area contributed by atoms with Crippen LogP contribution < -0.4 is 20.7 Å². The molecule has 0 aliphatic carbocycles. The molecule has 34 heavy (non-hydrogen) atoms. The molecule has 0 aliphatic rings. The van der Waals surface area contributed by atoms with E-state index < -0.39 is 5.69 Å². The van der Waals surface area contributed by atoms with Crippen LogP contribution in [0.1, 0.15) is 11.1 Å². The number of nitrogens with zero attached hydrogens (tertiary/aromatic N) is 3. The van der Waals surface area contributed by atoms with Gasteiger partial charge >= 0.3 is 5.69 Å². The molecule has 0 aliphatic heterocycles. The van der Waals surface area contributed by atoms with Gasteiger partial charge in [-0.05, 0) is 55.0 Å². The number of ether oxygens (including phenoxy) is 2. The Labute approximate surface area is 196 Å². The van der Waals surface area contributed by atoms with E-state index in [4.69, 9.17) is 9.47 Å². The highest BCUT2D eigenvalue weighted by atomic mass is 16.5. The van der Waals surface area contributed by atoms with Gasteiger partial charge in [0.05, 0.1) is 37.5 Å². The highest BCUT2D eigenvalue weighted by Gasteiger charge is 2.21. The normalized spacial score (nSPS) is 11.3. The smallest absolute Gasteiger partial charge is 0.336 e. The fraction of sp³-hybridized carbons (Fsp3) is 0.185. The SMILES string of the molecule is COc1ccc(-n2c(=O)c3c(c4cc(OC)ccc4n3C)n(Cc3ccc(C)cc3)c2=O)cc1. The van der Waals surface area contributed by atoms with Gasteiger partial charge in [-0.3, -0.25) is 9.36 Å². The molecular weight excluding hydrogens is 430 g/mol. The van der Waals surface area contributed by atoms with E-state index in [2.05, 4.69) is 0 Å². The second-order valence-corrected chi connectivity index (χ2v) is 8.33. The first-order valence-corrected chi connectivity index (χ1v) is 10.9. The molecule has 3 aromatic carbocycles. The summed E-state index contributed by atoms with van der Waals surface area (Å²) in [5.74, 6) is 1.31. The predicted octanol–water partition coefficient (Wildman–Crippen LogP) is 4.02. The minimum absolute atomic E-state index is 0.322. The maximum Gasteiger partial charge on any atom is 0.336 e. The highest BCUT2D eigenvalue weighted by Crippen LogP contribution is 2.29. The third kappa shape index (κ3) is 3.37. The summed E-state index contributed by atoms with van der Waals surface area (Å²) in [5.41, 5.74) is 3.70. The van der Waals surface area contributed by atoms with Crippen LogP contribution in [0.3, 0.4) is 0 Å². The number of hydrogen-bond acceptors (Lipinski definition) is 4. The molecule has 172 valence electrons. The average molecular weight is 456 g/mol. The van der Waals surface area contributed by atoms with Crippen LogP contribution in [0, 0.1) is 6.92 Å². The fourth-order valence-electron chi connectivity index (χ4n) is 4.44. The maximum absolute atomic E-state index is 13.9. The van der Waals surface area contributed by atoms with Gasteiger partial charge in [0.25, 0.3) is 5.56 Å². The molecule has 0 fully saturated rings. The Kier molecular flexibility index (Phi) is 5.24. The van der Waals surface area contributed by atoms with Crippen molar-refractivity contribution >= 4 is 21.9 Å². The molecule has 5 aromatic rings. The summed E-state index contributed by atoms with van der Waals surface area (Å²) in [4.78, 5) is 27.7. The zero-order chi connectivity index (χ0) is 24.0. The molecule has 7 nitrogen and oxygen atoms in total. The van der Waals surface area contributed by atoms with E-state index in [1.807, 2.05) is 61.0 Å². The minimum atomic E-state index is -0.404. The van der Waals surface area contributed by atoms with Gasteiger partial charge in [0.1, 0.15) is 17.0 Å². The molecule has 2 aromatic heterocycles. The van der Waals surface area contributed by atoms with Crippen LogP contribution in [0.5, 0.6) is 11.5 Å². The Balaban J connectivity index is 1.89. The van der Waals surface area contributed by atoms with Crippen molar-refractivity contribution in [2.75, 3.05) is 14.2 Å². The van der Waals surface area contributed by atoms with Gasteiger partial charge < -0.3 is 14.0 Å². The minimum Gasteiger partial charge on any atom is -0.497 e. The van der Waals surface area contributed by atoms with E-state index >= 15 is 0 Å². The molecule has 0 N–H and O–H groups in total. The van der Waals surface area contributed by atoms with Crippen molar-refractivity contribution in [3.05, 3.63) is 98.7 Å². The van der Waals surface area contributed by atoms with E-state index in [1.165, 1.54) is 4.57 Å². The van der Waals surface area contributed by atoms with Gasteiger partial charge in [-0.25, -0.2) is 9.36 Å². The first kappa shape index (κ1) is 21.6.